The standard InChI is InChI=1S/C16H20ClF3N2O2/c1-14(2,3)22-13(24)15(4,5)12(23)21-9-6-7-11(17)10(8-9)16(18,19)20/h6-8H,1-5H3,(H,21,23)(H,22,24). The summed E-state index contributed by atoms with van der Waals surface area (Å²) in [6.45, 7) is 8.06. The Balaban J connectivity index is 3.01. The van der Waals surface area contributed by atoms with E-state index in [1.165, 1.54) is 19.9 Å². The van der Waals surface area contributed by atoms with E-state index in [-0.39, 0.29) is 5.69 Å². The fourth-order valence-electron chi connectivity index (χ4n) is 1.71. The van der Waals surface area contributed by atoms with E-state index >= 15 is 0 Å². The van der Waals surface area contributed by atoms with Crippen LogP contribution >= 0.6 is 11.6 Å². The molecule has 0 fully saturated rings. The van der Waals surface area contributed by atoms with E-state index < -0.39 is 39.5 Å². The molecule has 0 atom stereocenters. The second-order valence-electron chi connectivity index (χ2n) is 6.98. The number of anilines is 1. The fraction of sp³-hybridized carbons (Fsp3) is 0.500. The molecule has 1 aromatic rings. The minimum atomic E-state index is -4.64. The predicted octanol–water partition coefficient (Wildman–Crippen LogP) is 4.24. The van der Waals surface area contributed by atoms with Crippen LogP contribution in [0.1, 0.15) is 40.2 Å². The van der Waals surface area contributed by atoms with Crippen LogP contribution in [0.15, 0.2) is 18.2 Å². The topological polar surface area (TPSA) is 58.2 Å². The Bertz CT molecular complexity index is 650. The third-order valence-electron chi connectivity index (χ3n) is 3.15. The normalized spacial score (nSPS) is 12.7. The third kappa shape index (κ3) is 5.12. The minimum Gasteiger partial charge on any atom is -0.351 e. The number of amides is 2. The van der Waals surface area contributed by atoms with Gasteiger partial charge in [0.2, 0.25) is 11.8 Å². The fourth-order valence-corrected chi connectivity index (χ4v) is 1.93. The first-order valence-corrected chi connectivity index (χ1v) is 7.53. The molecule has 0 aliphatic rings. The van der Waals surface area contributed by atoms with Crippen molar-refractivity contribution >= 4 is 29.1 Å². The maximum absolute atomic E-state index is 12.9. The van der Waals surface area contributed by atoms with Crippen molar-refractivity contribution < 1.29 is 22.8 Å². The molecule has 2 N–H and O–H groups in total. The lowest BCUT2D eigenvalue weighted by Crippen LogP contribution is -2.51. The SMILES string of the molecule is CC(C)(C)NC(=O)C(C)(C)C(=O)Nc1ccc(Cl)c(C(F)(F)F)c1. The van der Waals surface area contributed by atoms with Gasteiger partial charge in [-0.25, -0.2) is 0 Å². The number of alkyl halides is 3. The van der Waals surface area contributed by atoms with E-state index in [0.717, 1.165) is 12.1 Å². The molecular formula is C16H20ClF3N2O2. The summed E-state index contributed by atoms with van der Waals surface area (Å²) < 4.78 is 38.6. The average molecular weight is 365 g/mol. The molecule has 134 valence electrons. The summed E-state index contributed by atoms with van der Waals surface area (Å²) in [5, 5.41) is 4.53. The number of halogens is 4. The van der Waals surface area contributed by atoms with E-state index in [4.69, 9.17) is 11.6 Å². The summed E-state index contributed by atoms with van der Waals surface area (Å²) in [5.41, 5.74) is -3.16. The molecule has 0 spiro atoms. The summed E-state index contributed by atoms with van der Waals surface area (Å²) >= 11 is 5.53. The molecule has 0 aromatic heterocycles. The van der Waals surface area contributed by atoms with Crippen molar-refractivity contribution in [2.24, 2.45) is 5.41 Å². The predicted molar refractivity (Wildman–Crippen MR) is 86.8 cm³/mol. The summed E-state index contributed by atoms with van der Waals surface area (Å²) in [6.07, 6.45) is -4.64. The van der Waals surface area contributed by atoms with Crippen LogP contribution in [0.5, 0.6) is 0 Å². The molecule has 2 amide bonds. The monoisotopic (exact) mass is 364 g/mol. The van der Waals surface area contributed by atoms with Gasteiger partial charge in [0, 0.05) is 11.2 Å². The van der Waals surface area contributed by atoms with Crippen molar-refractivity contribution in [2.45, 2.75) is 46.3 Å². The molecule has 24 heavy (non-hydrogen) atoms. The highest BCUT2D eigenvalue weighted by Crippen LogP contribution is 2.36. The van der Waals surface area contributed by atoms with Gasteiger partial charge in [0.1, 0.15) is 5.41 Å². The largest absolute Gasteiger partial charge is 0.417 e. The Morgan fingerprint density at radius 3 is 2.00 bits per heavy atom. The Morgan fingerprint density at radius 2 is 1.54 bits per heavy atom. The lowest BCUT2D eigenvalue weighted by Gasteiger charge is -2.28. The Labute approximate surface area is 143 Å². The molecule has 0 radical (unpaired) electrons. The molecule has 0 saturated carbocycles. The highest BCUT2D eigenvalue weighted by Gasteiger charge is 2.38. The Hall–Kier alpha value is -1.76. The average Bonchev–Trinajstić information content (AvgIpc) is 2.37. The van der Waals surface area contributed by atoms with E-state index in [9.17, 15) is 22.8 Å². The molecule has 0 bridgehead atoms. The lowest BCUT2D eigenvalue weighted by molar-refractivity contribution is -0.140. The van der Waals surface area contributed by atoms with Crippen LogP contribution in [0.2, 0.25) is 5.02 Å². The third-order valence-corrected chi connectivity index (χ3v) is 3.48. The zero-order valence-electron chi connectivity index (χ0n) is 14.1. The van der Waals surface area contributed by atoms with Gasteiger partial charge in [-0.2, -0.15) is 13.2 Å². The number of carbonyl (C=O) groups excluding carboxylic acids is 2. The van der Waals surface area contributed by atoms with Gasteiger partial charge < -0.3 is 10.6 Å². The first-order valence-electron chi connectivity index (χ1n) is 7.15. The number of nitrogens with one attached hydrogen (secondary N) is 2. The van der Waals surface area contributed by atoms with Crippen molar-refractivity contribution in [3.05, 3.63) is 28.8 Å². The number of carbonyl (C=O) groups is 2. The second-order valence-corrected chi connectivity index (χ2v) is 7.38. The summed E-state index contributed by atoms with van der Waals surface area (Å²) in [7, 11) is 0. The molecule has 1 rings (SSSR count). The first-order chi connectivity index (χ1) is 10.6. The van der Waals surface area contributed by atoms with E-state index in [2.05, 4.69) is 10.6 Å². The maximum Gasteiger partial charge on any atom is 0.417 e. The van der Waals surface area contributed by atoms with E-state index in [1.54, 1.807) is 20.8 Å². The van der Waals surface area contributed by atoms with Gasteiger partial charge in [0.15, 0.2) is 0 Å². The highest BCUT2D eigenvalue weighted by atomic mass is 35.5. The molecule has 8 heteroatoms. The zero-order valence-corrected chi connectivity index (χ0v) is 14.8. The molecule has 0 heterocycles. The van der Waals surface area contributed by atoms with Crippen molar-refractivity contribution in [1.82, 2.24) is 5.32 Å². The van der Waals surface area contributed by atoms with Crippen molar-refractivity contribution in [2.75, 3.05) is 5.32 Å². The van der Waals surface area contributed by atoms with Gasteiger partial charge in [0.05, 0.1) is 10.6 Å². The summed E-state index contributed by atoms with van der Waals surface area (Å²) in [4.78, 5) is 24.5. The molecule has 4 nitrogen and oxygen atoms in total. The van der Waals surface area contributed by atoms with Crippen LogP contribution in [0.4, 0.5) is 18.9 Å². The maximum atomic E-state index is 12.9. The van der Waals surface area contributed by atoms with Gasteiger partial charge in [-0.05, 0) is 52.8 Å². The smallest absolute Gasteiger partial charge is 0.351 e. The summed E-state index contributed by atoms with van der Waals surface area (Å²) in [5.74, 6) is -1.25. The zero-order chi connectivity index (χ0) is 18.9. The number of hydrogen-bond donors (Lipinski definition) is 2. The first kappa shape index (κ1) is 20.3. The van der Waals surface area contributed by atoms with Crippen molar-refractivity contribution in [1.29, 1.82) is 0 Å². The van der Waals surface area contributed by atoms with Gasteiger partial charge in [-0.3, -0.25) is 9.59 Å². The Kier molecular flexibility index (Phi) is 5.60. The van der Waals surface area contributed by atoms with Gasteiger partial charge >= 0.3 is 6.18 Å². The van der Waals surface area contributed by atoms with Gasteiger partial charge in [-0.15, -0.1) is 0 Å². The molecule has 0 aliphatic carbocycles. The van der Waals surface area contributed by atoms with Crippen LogP contribution in [0, 0.1) is 5.41 Å². The Morgan fingerprint density at radius 1 is 1.00 bits per heavy atom. The number of hydrogen-bond acceptors (Lipinski definition) is 2. The van der Waals surface area contributed by atoms with Crippen LogP contribution in [0.25, 0.3) is 0 Å². The van der Waals surface area contributed by atoms with Crippen molar-refractivity contribution in [3.63, 3.8) is 0 Å². The number of benzene rings is 1. The van der Waals surface area contributed by atoms with Gasteiger partial charge in [0.25, 0.3) is 0 Å². The van der Waals surface area contributed by atoms with Crippen LogP contribution in [-0.2, 0) is 15.8 Å². The molecule has 1 aromatic carbocycles. The van der Waals surface area contributed by atoms with Crippen LogP contribution in [0.3, 0.4) is 0 Å². The number of rotatable bonds is 3. The second kappa shape index (κ2) is 6.63. The summed E-state index contributed by atoms with van der Waals surface area (Å²) in [6, 6.07) is 3.02. The molecular weight excluding hydrogens is 345 g/mol. The van der Waals surface area contributed by atoms with Crippen LogP contribution in [-0.4, -0.2) is 17.4 Å². The van der Waals surface area contributed by atoms with E-state index in [0.29, 0.717) is 0 Å². The highest BCUT2D eigenvalue weighted by molar-refractivity contribution is 6.31. The molecule has 0 saturated heterocycles. The van der Waals surface area contributed by atoms with Crippen LogP contribution < -0.4 is 10.6 Å². The lowest BCUT2D eigenvalue weighted by atomic mass is 9.89. The van der Waals surface area contributed by atoms with Crippen molar-refractivity contribution in [3.8, 4) is 0 Å². The van der Waals surface area contributed by atoms with E-state index in [1.807, 2.05) is 0 Å². The minimum absolute atomic E-state index is 0.0895. The molecule has 0 aliphatic heterocycles. The molecule has 0 unspecified atom stereocenters. The van der Waals surface area contributed by atoms with Gasteiger partial charge in [-0.1, -0.05) is 11.6 Å². The quantitative estimate of drug-likeness (QED) is 0.788.